The third-order valence-corrected chi connectivity index (χ3v) is 3.04. The molecule has 3 heteroatoms. The number of rotatable bonds is 3. The summed E-state index contributed by atoms with van der Waals surface area (Å²) >= 11 is 0. The summed E-state index contributed by atoms with van der Waals surface area (Å²) in [4.78, 5) is 0. The molecular weight excluding hydrogens is 222 g/mol. The second-order valence-electron chi connectivity index (χ2n) is 4.31. The predicted octanol–water partition coefficient (Wildman–Crippen LogP) is 2.74. The van der Waals surface area contributed by atoms with Crippen LogP contribution in [-0.4, -0.2) is 16.8 Å². The van der Waals surface area contributed by atoms with Gasteiger partial charge in [0.1, 0.15) is 0 Å². The van der Waals surface area contributed by atoms with E-state index in [2.05, 4.69) is 46.8 Å². The number of benzene rings is 2. The van der Waals surface area contributed by atoms with Crippen LogP contribution < -0.4 is 5.32 Å². The summed E-state index contributed by atoms with van der Waals surface area (Å²) in [5, 5.41) is 8.75. The van der Waals surface area contributed by atoms with Gasteiger partial charge in [-0.1, -0.05) is 30.3 Å². The van der Waals surface area contributed by atoms with Crippen LogP contribution in [-0.2, 0) is 6.54 Å². The summed E-state index contributed by atoms with van der Waals surface area (Å²) in [6.07, 6.45) is 1.90. The third kappa shape index (κ3) is 1.89. The molecule has 0 atom stereocenters. The van der Waals surface area contributed by atoms with Gasteiger partial charge in [0, 0.05) is 11.9 Å². The standard InChI is InChI=1S/C15H15N3/c1-16-10-12-6-8-14(9-7-12)18-15-5-3-2-4-13(15)11-17-18/h2-9,11,16H,10H2,1H3. The predicted molar refractivity (Wildman–Crippen MR) is 73.8 cm³/mol. The summed E-state index contributed by atoms with van der Waals surface area (Å²) in [5.74, 6) is 0. The SMILES string of the molecule is CNCc1ccc(-n2ncc3ccccc32)cc1. The van der Waals surface area contributed by atoms with Crippen LogP contribution in [0.3, 0.4) is 0 Å². The average molecular weight is 237 g/mol. The molecule has 0 unspecified atom stereocenters. The highest BCUT2D eigenvalue weighted by molar-refractivity contribution is 5.80. The van der Waals surface area contributed by atoms with Crippen molar-refractivity contribution in [2.24, 2.45) is 0 Å². The van der Waals surface area contributed by atoms with Crippen molar-refractivity contribution < 1.29 is 0 Å². The smallest absolute Gasteiger partial charge is 0.0741 e. The van der Waals surface area contributed by atoms with E-state index in [1.54, 1.807) is 0 Å². The van der Waals surface area contributed by atoms with E-state index in [9.17, 15) is 0 Å². The zero-order valence-electron chi connectivity index (χ0n) is 10.3. The van der Waals surface area contributed by atoms with Crippen molar-refractivity contribution in [3.8, 4) is 5.69 Å². The largest absolute Gasteiger partial charge is 0.316 e. The first kappa shape index (κ1) is 11.0. The van der Waals surface area contributed by atoms with E-state index in [0.717, 1.165) is 23.1 Å². The van der Waals surface area contributed by atoms with Crippen LogP contribution in [0.2, 0.25) is 0 Å². The molecular formula is C15H15N3. The number of hydrogen-bond acceptors (Lipinski definition) is 2. The maximum Gasteiger partial charge on any atom is 0.0741 e. The topological polar surface area (TPSA) is 29.9 Å². The first-order valence-corrected chi connectivity index (χ1v) is 6.05. The van der Waals surface area contributed by atoms with Gasteiger partial charge in [-0.3, -0.25) is 0 Å². The Balaban J connectivity index is 2.03. The molecule has 3 aromatic rings. The molecule has 0 aliphatic rings. The molecule has 0 saturated heterocycles. The molecule has 3 rings (SSSR count). The third-order valence-electron chi connectivity index (χ3n) is 3.04. The van der Waals surface area contributed by atoms with Crippen molar-refractivity contribution >= 4 is 10.9 Å². The van der Waals surface area contributed by atoms with Crippen LogP contribution in [0.25, 0.3) is 16.6 Å². The summed E-state index contributed by atoms with van der Waals surface area (Å²) in [7, 11) is 1.95. The lowest BCUT2D eigenvalue weighted by Crippen LogP contribution is -2.05. The Labute approximate surface area is 106 Å². The van der Waals surface area contributed by atoms with Gasteiger partial charge in [-0.05, 0) is 30.8 Å². The van der Waals surface area contributed by atoms with E-state index >= 15 is 0 Å². The maximum absolute atomic E-state index is 4.44. The summed E-state index contributed by atoms with van der Waals surface area (Å²) < 4.78 is 1.97. The number of aromatic nitrogens is 2. The Bertz CT molecular complexity index is 653. The lowest BCUT2D eigenvalue weighted by Gasteiger charge is -2.05. The summed E-state index contributed by atoms with van der Waals surface area (Å²) in [5.41, 5.74) is 3.51. The monoisotopic (exact) mass is 237 g/mol. The van der Waals surface area contributed by atoms with E-state index in [4.69, 9.17) is 0 Å². The van der Waals surface area contributed by atoms with Gasteiger partial charge in [-0.15, -0.1) is 0 Å². The molecule has 90 valence electrons. The summed E-state index contributed by atoms with van der Waals surface area (Å²) in [6.45, 7) is 0.889. The van der Waals surface area contributed by atoms with Crippen LogP contribution in [0.1, 0.15) is 5.56 Å². The van der Waals surface area contributed by atoms with E-state index in [0.29, 0.717) is 0 Å². The number of nitrogens with one attached hydrogen (secondary N) is 1. The molecule has 0 radical (unpaired) electrons. The van der Waals surface area contributed by atoms with E-state index in [-0.39, 0.29) is 0 Å². The lowest BCUT2D eigenvalue weighted by atomic mass is 10.2. The molecule has 1 heterocycles. The molecule has 0 amide bonds. The first-order valence-electron chi connectivity index (χ1n) is 6.05. The fraction of sp³-hybridized carbons (Fsp3) is 0.133. The van der Waals surface area contributed by atoms with Gasteiger partial charge in [0.15, 0.2) is 0 Å². The lowest BCUT2D eigenvalue weighted by molar-refractivity contribution is 0.816. The second kappa shape index (κ2) is 4.63. The molecule has 1 N–H and O–H groups in total. The molecule has 0 aliphatic heterocycles. The Kier molecular flexibility index (Phi) is 2.82. The van der Waals surface area contributed by atoms with Gasteiger partial charge in [-0.2, -0.15) is 5.10 Å². The molecule has 18 heavy (non-hydrogen) atoms. The Morgan fingerprint density at radius 1 is 1.06 bits per heavy atom. The van der Waals surface area contributed by atoms with Gasteiger partial charge in [-0.25, -0.2) is 4.68 Å². The highest BCUT2D eigenvalue weighted by Gasteiger charge is 2.03. The van der Waals surface area contributed by atoms with Crippen molar-refractivity contribution in [2.45, 2.75) is 6.54 Å². The maximum atomic E-state index is 4.44. The van der Waals surface area contributed by atoms with Gasteiger partial charge in [0.25, 0.3) is 0 Å². The molecule has 3 nitrogen and oxygen atoms in total. The zero-order valence-corrected chi connectivity index (χ0v) is 10.3. The van der Waals surface area contributed by atoms with Gasteiger partial charge >= 0.3 is 0 Å². The number of para-hydroxylation sites is 1. The zero-order chi connectivity index (χ0) is 12.4. The van der Waals surface area contributed by atoms with Crippen molar-refractivity contribution in [1.82, 2.24) is 15.1 Å². The first-order chi connectivity index (χ1) is 8.88. The molecule has 0 bridgehead atoms. The minimum Gasteiger partial charge on any atom is -0.316 e. The normalized spacial score (nSPS) is 10.9. The van der Waals surface area contributed by atoms with Crippen LogP contribution in [0.4, 0.5) is 0 Å². The summed E-state index contributed by atoms with van der Waals surface area (Å²) in [6, 6.07) is 16.7. The molecule has 2 aromatic carbocycles. The fourth-order valence-corrected chi connectivity index (χ4v) is 2.14. The highest BCUT2D eigenvalue weighted by Crippen LogP contribution is 2.18. The Hall–Kier alpha value is -2.13. The van der Waals surface area contributed by atoms with Gasteiger partial charge in [0.05, 0.1) is 17.4 Å². The number of nitrogens with zero attached hydrogens (tertiary/aromatic N) is 2. The minimum atomic E-state index is 0.889. The molecule has 0 spiro atoms. The van der Waals surface area contributed by atoms with Gasteiger partial charge < -0.3 is 5.32 Å². The molecule has 1 aromatic heterocycles. The van der Waals surface area contributed by atoms with Crippen molar-refractivity contribution in [2.75, 3.05) is 7.05 Å². The average Bonchev–Trinajstić information content (AvgIpc) is 2.84. The highest BCUT2D eigenvalue weighted by atomic mass is 15.3. The van der Waals surface area contributed by atoms with Crippen LogP contribution in [0, 0.1) is 0 Å². The molecule has 0 saturated carbocycles. The molecule has 0 aliphatic carbocycles. The number of fused-ring (bicyclic) bond motifs is 1. The van der Waals surface area contributed by atoms with E-state index in [1.165, 1.54) is 5.56 Å². The number of hydrogen-bond donors (Lipinski definition) is 1. The van der Waals surface area contributed by atoms with Crippen LogP contribution >= 0.6 is 0 Å². The van der Waals surface area contributed by atoms with Crippen LogP contribution in [0.15, 0.2) is 54.7 Å². The second-order valence-corrected chi connectivity index (χ2v) is 4.31. The Morgan fingerprint density at radius 2 is 1.83 bits per heavy atom. The minimum absolute atomic E-state index is 0.889. The van der Waals surface area contributed by atoms with Crippen molar-refractivity contribution in [1.29, 1.82) is 0 Å². The van der Waals surface area contributed by atoms with Crippen LogP contribution in [0.5, 0.6) is 0 Å². The van der Waals surface area contributed by atoms with Crippen molar-refractivity contribution in [3.05, 3.63) is 60.3 Å². The van der Waals surface area contributed by atoms with Crippen molar-refractivity contribution in [3.63, 3.8) is 0 Å². The quantitative estimate of drug-likeness (QED) is 0.759. The van der Waals surface area contributed by atoms with E-state index < -0.39 is 0 Å². The van der Waals surface area contributed by atoms with Gasteiger partial charge in [0.2, 0.25) is 0 Å². The Morgan fingerprint density at radius 3 is 2.61 bits per heavy atom. The fourth-order valence-electron chi connectivity index (χ4n) is 2.14. The molecule has 0 fully saturated rings. The van der Waals surface area contributed by atoms with E-state index in [1.807, 2.05) is 30.1 Å².